The Morgan fingerprint density at radius 3 is 2.59 bits per heavy atom. The van der Waals surface area contributed by atoms with Crippen LogP contribution in [0.2, 0.25) is 0 Å². The molecule has 0 fully saturated rings. The second-order valence-corrected chi connectivity index (χ2v) is 8.45. The Hall–Kier alpha value is 0.380. The summed E-state index contributed by atoms with van der Waals surface area (Å²) in [4.78, 5) is 1.15. The minimum absolute atomic E-state index is 0.0220. The summed E-state index contributed by atoms with van der Waals surface area (Å²) in [5.74, 6) is 0.325. The van der Waals surface area contributed by atoms with E-state index in [4.69, 9.17) is 11.6 Å². The Kier molecular flexibility index (Phi) is 5.46. The van der Waals surface area contributed by atoms with E-state index in [1.54, 1.807) is 13.1 Å². The second kappa shape index (κ2) is 6.02. The van der Waals surface area contributed by atoms with Crippen LogP contribution in [-0.2, 0) is 15.9 Å². The summed E-state index contributed by atoms with van der Waals surface area (Å²) in [6.07, 6.45) is 0.778. The van der Waals surface area contributed by atoms with Gasteiger partial charge in [-0.05, 0) is 35.3 Å². The van der Waals surface area contributed by atoms with Gasteiger partial charge >= 0.3 is 0 Å². The largest absolute Gasteiger partial charge is 0.245 e. The van der Waals surface area contributed by atoms with E-state index in [1.807, 2.05) is 13.8 Å². The van der Waals surface area contributed by atoms with Gasteiger partial charge in [0.25, 0.3) is 0 Å². The van der Waals surface area contributed by atoms with Gasteiger partial charge in [-0.25, -0.2) is 8.42 Å². The van der Waals surface area contributed by atoms with Gasteiger partial charge < -0.3 is 0 Å². The van der Waals surface area contributed by atoms with Crippen molar-refractivity contribution in [2.75, 3.05) is 7.05 Å². The molecule has 7 heteroatoms. The molecule has 1 aromatic heterocycles. The van der Waals surface area contributed by atoms with Gasteiger partial charge in [-0.15, -0.1) is 22.9 Å². The molecule has 0 aliphatic carbocycles. The van der Waals surface area contributed by atoms with Crippen molar-refractivity contribution < 1.29 is 8.42 Å². The molecule has 1 atom stereocenters. The highest BCUT2D eigenvalue weighted by Crippen LogP contribution is 2.34. The summed E-state index contributed by atoms with van der Waals surface area (Å²) in [5.41, 5.74) is 0. The summed E-state index contributed by atoms with van der Waals surface area (Å²) in [6.45, 7) is 3.85. The Morgan fingerprint density at radius 2 is 2.18 bits per heavy atom. The molecule has 0 amide bonds. The highest BCUT2D eigenvalue weighted by Gasteiger charge is 2.28. The van der Waals surface area contributed by atoms with Crippen molar-refractivity contribution >= 4 is 48.9 Å². The van der Waals surface area contributed by atoms with Crippen LogP contribution in [0.5, 0.6) is 0 Å². The highest BCUT2D eigenvalue weighted by atomic mass is 79.9. The molecule has 0 aliphatic rings. The predicted octanol–water partition coefficient (Wildman–Crippen LogP) is 3.67. The van der Waals surface area contributed by atoms with Crippen LogP contribution in [0, 0.1) is 0 Å². The topological polar surface area (TPSA) is 37.4 Å². The van der Waals surface area contributed by atoms with Gasteiger partial charge in [0.2, 0.25) is 10.0 Å². The number of nitrogens with zero attached hydrogens (tertiary/aromatic N) is 1. The number of hydrogen-bond donors (Lipinski definition) is 0. The van der Waals surface area contributed by atoms with E-state index < -0.39 is 10.0 Å². The highest BCUT2D eigenvalue weighted by molar-refractivity contribution is 9.11. The van der Waals surface area contributed by atoms with Crippen LogP contribution in [0.1, 0.15) is 25.1 Å². The molecule has 0 saturated carbocycles. The van der Waals surface area contributed by atoms with Crippen molar-refractivity contribution in [2.45, 2.75) is 37.1 Å². The van der Waals surface area contributed by atoms with Crippen molar-refractivity contribution in [3.05, 3.63) is 14.7 Å². The fraction of sp³-hybridized carbons (Fsp3) is 0.600. The zero-order valence-corrected chi connectivity index (χ0v) is 13.9. The van der Waals surface area contributed by atoms with Crippen molar-refractivity contribution in [3.63, 3.8) is 0 Å². The molecule has 0 bridgehead atoms. The molecule has 1 rings (SSSR count). The van der Waals surface area contributed by atoms with Gasteiger partial charge in [-0.3, -0.25) is 0 Å². The van der Waals surface area contributed by atoms with Crippen molar-refractivity contribution in [3.8, 4) is 0 Å². The molecule has 3 nitrogen and oxygen atoms in total. The summed E-state index contributed by atoms with van der Waals surface area (Å²) < 4.78 is 26.7. The van der Waals surface area contributed by atoms with Crippen LogP contribution < -0.4 is 0 Å². The maximum Gasteiger partial charge on any atom is 0.245 e. The average molecular weight is 361 g/mol. The van der Waals surface area contributed by atoms with E-state index in [-0.39, 0.29) is 6.04 Å². The Bertz CT molecular complexity index is 486. The first-order valence-corrected chi connectivity index (χ1v) is 8.75. The number of sulfonamides is 1. The minimum atomic E-state index is -3.43. The Balaban J connectivity index is 3.17. The van der Waals surface area contributed by atoms with Gasteiger partial charge in [0.05, 0.1) is 9.67 Å². The monoisotopic (exact) mass is 359 g/mol. The molecule has 0 saturated heterocycles. The molecule has 0 radical (unpaired) electrons. The van der Waals surface area contributed by atoms with Crippen LogP contribution in [-0.4, -0.2) is 25.8 Å². The lowest BCUT2D eigenvalue weighted by atomic mass is 10.3. The molecule has 1 aromatic rings. The van der Waals surface area contributed by atoms with E-state index in [0.29, 0.717) is 14.6 Å². The van der Waals surface area contributed by atoms with E-state index in [2.05, 4.69) is 15.9 Å². The molecular weight excluding hydrogens is 346 g/mol. The van der Waals surface area contributed by atoms with Crippen molar-refractivity contribution in [1.29, 1.82) is 0 Å². The maximum atomic E-state index is 12.3. The smallest absolute Gasteiger partial charge is 0.207 e. The standard InChI is InChI=1S/C10H15BrClNO2S2/c1-4-7(2)13(3)17(14,15)9-5-8(6-12)16-10(9)11/h5,7H,4,6H2,1-3H3. The number of rotatable bonds is 5. The normalized spacial score (nSPS) is 14.2. The SMILES string of the molecule is CCC(C)N(C)S(=O)(=O)c1cc(CCl)sc1Br. The van der Waals surface area contributed by atoms with Crippen LogP contribution in [0.3, 0.4) is 0 Å². The summed E-state index contributed by atoms with van der Waals surface area (Å²) in [7, 11) is -1.83. The quantitative estimate of drug-likeness (QED) is 0.751. The number of halogens is 2. The fourth-order valence-corrected chi connectivity index (χ4v) is 5.45. The Labute approximate surface area is 120 Å². The first-order chi connectivity index (χ1) is 7.84. The van der Waals surface area contributed by atoms with E-state index in [9.17, 15) is 8.42 Å². The van der Waals surface area contributed by atoms with E-state index in [1.165, 1.54) is 15.6 Å². The van der Waals surface area contributed by atoms with Crippen LogP contribution >= 0.6 is 38.9 Å². The minimum Gasteiger partial charge on any atom is -0.207 e. The second-order valence-electron chi connectivity index (χ2n) is 3.76. The summed E-state index contributed by atoms with van der Waals surface area (Å²) >= 11 is 10.4. The first-order valence-electron chi connectivity index (χ1n) is 5.16. The van der Waals surface area contributed by atoms with Gasteiger partial charge in [0.15, 0.2) is 0 Å². The third kappa shape index (κ3) is 3.23. The van der Waals surface area contributed by atoms with Crippen LogP contribution in [0.15, 0.2) is 14.7 Å². The molecule has 1 heterocycles. The molecule has 17 heavy (non-hydrogen) atoms. The van der Waals surface area contributed by atoms with Crippen molar-refractivity contribution in [1.82, 2.24) is 4.31 Å². The zero-order valence-electron chi connectivity index (χ0n) is 9.91. The van der Waals surface area contributed by atoms with Crippen LogP contribution in [0.25, 0.3) is 0 Å². The lowest BCUT2D eigenvalue weighted by Crippen LogP contribution is -2.34. The molecule has 1 unspecified atom stereocenters. The molecule has 98 valence electrons. The van der Waals surface area contributed by atoms with Crippen LogP contribution in [0.4, 0.5) is 0 Å². The number of hydrogen-bond acceptors (Lipinski definition) is 3. The molecule has 0 N–H and O–H groups in total. The van der Waals surface area contributed by atoms with Crippen molar-refractivity contribution in [2.24, 2.45) is 0 Å². The van der Waals surface area contributed by atoms with Gasteiger partial charge in [0.1, 0.15) is 4.90 Å². The lowest BCUT2D eigenvalue weighted by molar-refractivity contribution is 0.380. The third-order valence-electron chi connectivity index (χ3n) is 2.71. The maximum absolute atomic E-state index is 12.3. The van der Waals surface area contributed by atoms with E-state index >= 15 is 0 Å². The first kappa shape index (κ1) is 15.4. The number of thiophene rings is 1. The summed E-state index contributed by atoms with van der Waals surface area (Å²) in [6, 6.07) is 1.61. The summed E-state index contributed by atoms with van der Waals surface area (Å²) in [5, 5.41) is 0. The molecule has 0 aliphatic heterocycles. The average Bonchev–Trinajstić information content (AvgIpc) is 2.69. The Morgan fingerprint density at radius 1 is 1.59 bits per heavy atom. The number of alkyl halides is 1. The molecule has 0 aromatic carbocycles. The van der Waals surface area contributed by atoms with Gasteiger partial charge in [-0.1, -0.05) is 6.92 Å². The molecular formula is C10H15BrClNO2S2. The molecule has 0 spiro atoms. The lowest BCUT2D eigenvalue weighted by Gasteiger charge is -2.22. The van der Waals surface area contributed by atoms with Gasteiger partial charge in [0, 0.05) is 18.0 Å². The fourth-order valence-electron chi connectivity index (χ4n) is 1.29. The van der Waals surface area contributed by atoms with E-state index in [0.717, 1.165) is 11.3 Å². The predicted molar refractivity (Wildman–Crippen MR) is 76.3 cm³/mol. The van der Waals surface area contributed by atoms with Gasteiger partial charge in [-0.2, -0.15) is 4.31 Å². The third-order valence-corrected chi connectivity index (χ3v) is 7.38. The zero-order chi connectivity index (χ0) is 13.2.